The van der Waals surface area contributed by atoms with Crippen molar-refractivity contribution in [3.8, 4) is 0 Å². The van der Waals surface area contributed by atoms with Gasteiger partial charge in [-0.05, 0) is 33.4 Å². The number of nitrogens with zero attached hydrogens (tertiary/aromatic N) is 1. The highest BCUT2D eigenvalue weighted by Crippen LogP contribution is 2.21. The van der Waals surface area contributed by atoms with Crippen molar-refractivity contribution >= 4 is 11.3 Å². The van der Waals surface area contributed by atoms with Crippen molar-refractivity contribution in [3.63, 3.8) is 0 Å². The fourth-order valence-corrected chi connectivity index (χ4v) is 2.93. The van der Waals surface area contributed by atoms with Gasteiger partial charge in [0.1, 0.15) is 0 Å². The summed E-state index contributed by atoms with van der Waals surface area (Å²) in [6.45, 7) is 6.35. The molecular weight excluding hydrogens is 240 g/mol. The molecule has 2 aromatic rings. The largest absolute Gasteiger partial charge is 0.313 e. The van der Waals surface area contributed by atoms with E-state index in [2.05, 4.69) is 54.7 Å². The molecule has 96 valence electrons. The molecule has 1 atom stereocenters. The van der Waals surface area contributed by atoms with E-state index >= 15 is 0 Å². The number of hydrogen-bond donors (Lipinski definition) is 1. The number of nitrogens with one attached hydrogen (secondary N) is 1. The van der Waals surface area contributed by atoms with Gasteiger partial charge in [0.15, 0.2) is 0 Å². The molecule has 3 heteroatoms. The van der Waals surface area contributed by atoms with Crippen LogP contribution in [0.1, 0.15) is 33.4 Å². The number of aromatic nitrogens is 1. The molecule has 2 nitrogen and oxygen atoms in total. The molecule has 2 rings (SSSR count). The first-order chi connectivity index (χ1) is 8.58. The molecular formula is C15H20N2S. The van der Waals surface area contributed by atoms with E-state index in [-0.39, 0.29) is 0 Å². The Bertz CT molecular complexity index is 511. The Balaban J connectivity index is 2.22. The fourth-order valence-electron chi connectivity index (χ4n) is 2.31. The number of hydrogen-bond acceptors (Lipinski definition) is 3. The molecule has 1 aromatic carbocycles. The van der Waals surface area contributed by atoms with Crippen LogP contribution in [0.4, 0.5) is 0 Å². The standard InChI is InChI=1S/C15H20N2S/c1-10-5-11(2)7-13(6-10)15(16-4)8-14-9-18-12(3)17-14/h5-7,9,15-16H,8H2,1-4H3. The van der Waals surface area contributed by atoms with E-state index in [0.717, 1.165) is 11.4 Å². The van der Waals surface area contributed by atoms with Gasteiger partial charge in [0, 0.05) is 17.8 Å². The van der Waals surface area contributed by atoms with Crippen LogP contribution in [-0.4, -0.2) is 12.0 Å². The summed E-state index contributed by atoms with van der Waals surface area (Å²) >= 11 is 1.72. The van der Waals surface area contributed by atoms with Crippen LogP contribution in [0.3, 0.4) is 0 Å². The molecule has 0 amide bonds. The smallest absolute Gasteiger partial charge is 0.0897 e. The van der Waals surface area contributed by atoms with Crippen molar-refractivity contribution in [3.05, 3.63) is 51.0 Å². The molecule has 1 aromatic heterocycles. The summed E-state index contributed by atoms with van der Waals surface area (Å²) in [5.74, 6) is 0. The first kappa shape index (κ1) is 13.2. The van der Waals surface area contributed by atoms with Crippen molar-refractivity contribution in [2.75, 3.05) is 7.05 Å². The zero-order valence-electron chi connectivity index (χ0n) is 11.4. The van der Waals surface area contributed by atoms with Gasteiger partial charge in [-0.3, -0.25) is 0 Å². The molecule has 0 aliphatic heterocycles. The van der Waals surface area contributed by atoms with E-state index in [0.29, 0.717) is 6.04 Å². The third-order valence-electron chi connectivity index (χ3n) is 3.07. The highest BCUT2D eigenvalue weighted by molar-refractivity contribution is 7.09. The zero-order valence-corrected chi connectivity index (χ0v) is 12.3. The van der Waals surface area contributed by atoms with Crippen LogP contribution in [0, 0.1) is 20.8 Å². The monoisotopic (exact) mass is 260 g/mol. The van der Waals surface area contributed by atoms with Crippen LogP contribution in [-0.2, 0) is 6.42 Å². The number of likely N-dealkylation sites (N-methyl/N-ethyl adjacent to an activating group) is 1. The SMILES string of the molecule is CNC(Cc1csc(C)n1)c1cc(C)cc(C)c1. The molecule has 1 N–H and O–H groups in total. The predicted octanol–water partition coefficient (Wildman–Crippen LogP) is 3.57. The van der Waals surface area contributed by atoms with Gasteiger partial charge in [0.25, 0.3) is 0 Å². The van der Waals surface area contributed by atoms with Crippen molar-refractivity contribution in [1.82, 2.24) is 10.3 Å². The Morgan fingerprint density at radius 1 is 1.17 bits per heavy atom. The molecule has 18 heavy (non-hydrogen) atoms. The summed E-state index contributed by atoms with van der Waals surface area (Å²) in [6, 6.07) is 7.06. The van der Waals surface area contributed by atoms with E-state index in [1.165, 1.54) is 22.4 Å². The third kappa shape index (κ3) is 3.18. The summed E-state index contributed by atoms with van der Waals surface area (Å²) in [5.41, 5.74) is 5.16. The lowest BCUT2D eigenvalue weighted by molar-refractivity contribution is 0.585. The van der Waals surface area contributed by atoms with Crippen molar-refractivity contribution in [1.29, 1.82) is 0 Å². The molecule has 1 unspecified atom stereocenters. The first-order valence-corrected chi connectivity index (χ1v) is 7.13. The molecule has 0 spiro atoms. The summed E-state index contributed by atoms with van der Waals surface area (Å²) in [4.78, 5) is 4.55. The molecule has 0 fully saturated rings. The minimum atomic E-state index is 0.338. The maximum absolute atomic E-state index is 4.55. The van der Waals surface area contributed by atoms with Crippen LogP contribution in [0.5, 0.6) is 0 Å². The van der Waals surface area contributed by atoms with Gasteiger partial charge < -0.3 is 5.32 Å². The second-order valence-corrected chi connectivity index (χ2v) is 5.89. The molecule has 0 bridgehead atoms. The van der Waals surface area contributed by atoms with Crippen molar-refractivity contribution < 1.29 is 0 Å². The minimum absolute atomic E-state index is 0.338. The van der Waals surface area contributed by atoms with E-state index in [1.807, 2.05) is 7.05 Å². The lowest BCUT2D eigenvalue weighted by atomic mass is 9.98. The number of rotatable bonds is 4. The van der Waals surface area contributed by atoms with Gasteiger partial charge in [-0.2, -0.15) is 0 Å². The summed E-state index contributed by atoms with van der Waals surface area (Å²) in [5, 5.41) is 6.69. The summed E-state index contributed by atoms with van der Waals surface area (Å²) in [7, 11) is 2.02. The van der Waals surface area contributed by atoms with Crippen LogP contribution in [0.15, 0.2) is 23.6 Å². The Hall–Kier alpha value is -1.19. The second kappa shape index (κ2) is 5.63. The number of aryl methyl sites for hydroxylation is 3. The fraction of sp³-hybridized carbons (Fsp3) is 0.400. The lowest BCUT2D eigenvalue weighted by Crippen LogP contribution is -2.19. The number of benzene rings is 1. The van der Waals surface area contributed by atoms with Crippen molar-refractivity contribution in [2.24, 2.45) is 0 Å². The average molecular weight is 260 g/mol. The Morgan fingerprint density at radius 3 is 2.33 bits per heavy atom. The van der Waals surface area contributed by atoms with Gasteiger partial charge >= 0.3 is 0 Å². The zero-order chi connectivity index (χ0) is 13.1. The maximum Gasteiger partial charge on any atom is 0.0897 e. The molecule has 1 heterocycles. The van der Waals surface area contributed by atoms with E-state index in [4.69, 9.17) is 0 Å². The van der Waals surface area contributed by atoms with Gasteiger partial charge in [-0.25, -0.2) is 4.98 Å². The Labute approximate surface area is 113 Å². The van der Waals surface area contributed by atoms with E-state index in [1.54, 1.807) is 11.3 Å². The van der Waals surface area contributed by atoms with E-state index in [9.17, 15) is 0 Å². The highest BCUT2D eigenvalue weighted by Gasteiger charge is 2.12. The van der Waals surface area contributed by atoms with Gasteiger partial charge in [-0.15, -0.1) is 11.3 Å². The molecule has 0 aliphatic carbocycles. The summed E-state index contributed by atoms with van der Waals surface area (Å²) in [6.07, 6.45) is 0.948. The molecule has 0 radical (unpaired) electrons. The van der Waals surface area contributed by atoms with Crippen LogP contribution in [0.25, 0.3) is 0 Å². The Morgan fingerprint density at radius 2 is 1.83 bits per heavy atom. The Kier molecular flexibility index (Phi) is 4.15. The van der Waals surface area contributed by atoms with Gasteiger partial charge in [-0.1, -0.05) is 29.3 Å². The first-order valence-electron chi connectivity index (χ1n) is 6.25. The normalized spacial score (nSPS) is 12.7. The predicted molar refractivity (Wildman–Crippen MR) is 78.3 cm³/mol. The minimum Gasteiger partial charge on any atom is -0.313 e. The highest BCUT2D eigenvalue weighted by atomic mass is 32.1. The average Bonchev–Trinajstić information content (AvgIpc) is 2.70. The van der Waals surface area contributed by atoms with Crippen LogP contribution in [0.2, 0.25) is 0 Å². The van der Waals surface area contributed by atoms with Gasteiger partial charge in [0.2, 0.25) is 0 Å². The van der Waals surface area contributed by atoms with Crippen molar-refractivity contribution in [2.45, 2.75) is 33.2 Å². The maximum atomic E-state index is 4.55. The van der Waals surface area contributed by atoms with Gasteiger partial charge in [0.05, 0.1) is 10.7 Å². The molecule has 0 saturated carbocycles. The third-order valence-corrected chi connectivity index (χ3v) is 3.90. The molecule has 0 aliphatic rings. The van der Waals surface area contributed by atoms with E-state index < -0.39 is 0 Å². The lowest BCUT2D eigenvalue weighted by Gasteiger charge is -2.17. The van der Waals surface area contributed by atoms with Crippen LogP contribution >= 0.6 is 11.3 Å². The quantitative estimate of drug-likeness (QED) is 0.909. The van der Waals surface area contributed by atoms with Crippen LogP contribution < -0.4 is 5.32 Å². The summed E-state index contributed by atoms with van der Waals surface area (Å²) < 4.78 is 0. The number of thiazole rings is 1. The topological polar surface area (TPSA) is 24.9 Å². The second-order valence-electron chi connectivity index (χ2n) is 4.82. The molecule has 0 saturated heterocycles.